The monoisotopic (exact) mass is 404 g/mol. The Balaban J connectivity index is 0. The third kappa shape index (κ3) is 19.3. The van der Waals surface area contributed by atoms with Crippen molar-refractivity contribution < 1.29 is 30.1 Å². The minimum atomic E-state index is -1.27. The quantitative estimate of drug-likeness (QED) is 0.139. The summed E-state index contributed by atoms with van der Waals surface area (Å²) in [6.07, 6.45) is 10.3. The predicted molar refractivity (Wildman–Crippen MR) is 88.8 cm³/mol. The van der Waals surface area contributed by atoms with E-state index in [-0.39, 0.29) is 16.5 Å². The molecule has 0 radical (unpaired) electrons. The maximum Gasteiger partial charge on any atom is 0.332 e. The molecule has 0 saturated carbocycles. The molecule has 0 aromatic heterocycles. The molecule has 3 nitrogen and oxygen atoms in total. The van der Waals surface area contributed by atoms with Crippen LogP contribution in [-0.2, 0) is 30.1 Å². The van der Waals surface area contributed by atoms with Crippen molar-refractivity contribution in [2.75, 3.05) is 31.6 Å². The van der Waals surface area contributed by atoms with E-state index in [4.69, 9.17) is 36.8 Å². The van der Waals surface area contributed by atoms with Crippen molar-refractivity contribution in [3.63, 3.8) is 0 Å². The summed E-state index contributed by atoms with van der Waals surface area (Å²) in [5, 5.41) is 0. The van der Waals surface area contributed by atoms with Gasteiger partial charge in [0.1, 0.15) is 0 Å². The van der Waals surface area contributed by atoms with Gasteiger partial charge in [-0.25, -0.2) is 0 Å². The molecule has 0 fully saturated rings. The van der Waals surface area contributed by atoms with Gasteiger partial charge in [-0.15, -0.1) is 23.2 Å². The van der Waals surface area contributed by atoms with Crippen LogP contribution >= 0.6 is 31.8 Å². The molecular formula is C14H29Cl2NiO3P. The molecule has 0 spiro atoms. The predicted octanol–water partition coefficient (Wildman–Crippen LogP) is 5.88. The molecule has 0 aromatic rings. The molecule has 0 rings (SSSR count). The fourth-order valence-corrected chi connectivity index (χ4v) is 3.06. The Morgan fingerprint density at radius 1 is 0.667 bits per heavy atom. The van der Waals surface area contributed by atoms with Crippen LogP contribution in [0.15, 0.2) is 0 Å². The van der Waals surface area contributed by atoms with Gasteiger partial charge in [-0.05, 0) is 6.42 Å². The standard InChI is InChI=1S/C14H29Cl2O3P.Ni/c1-2-3-4-5-6-7-8-9-12-17-20(18-13-10-15)19-14-11-16;/h2-14H2,1H3;. The van der Waals surface area contributed by atoms with Gasteiger partial charge in [0.2, 0.25) is 0 Å². The number of rotatable bonds is 16. The maximum atomic E-state index is 5.59. The number of hydrogen-bond acceptors (Lipinski definition) is 3. The van der Waals surface area contributed by atoms with Gasteiger partial charge < -0.3 is 13.6 Å². The van der Waals surface area contributed by atoms with Crippen LogP contribution in [0, 0.1) is 0 Å². The smallest absolute Gasteiger partial charge is 0.312 e. The number of halogens is 2. The second kappa shape index (κ2) is 21.4. The molecule has 21 heavy (non-hydrogen) atoms. The summed E-state index contributed by atoms with van der Waals surface area (Å²) in [4.78, 5) is 0. The van der Waals surface area contributed by atoms with E-state index >= 15 is 0 Å². The van der Waals surface area contributed by atoms with Gasteiger partial charge in [0.15, 0.2) is 0 Å². The van der Waals surface area contributed by atoms with E-state index in [1.807, 2.05) is 0 Å². The molecule has 0 aliphatic carbocycles. The number of unbranched alkanes of at least 4 members (excludes halogenated alkanes) is 7. The molecule has 0 unspecified atom stereocenters. The molecule has 0 saturated heterocycles. The van der Waals surface area contributed by atoms with Gasteiger partial charge in [-0.1, -0.05) is 51.9 Å². The van der Waals surface area contributed by atoms with E-state index in [2.05, 4.69) is 6.92 Å². The molecular weight excluding hydrogens is 377 g/mol. The molecule has 7 heteroatoms. The second-order valence-electron chi connectivity index (χ2n) is 4.58. The fourth-order valence-electron chi connectivity index (χ4n) is 1.70. The summed E-state index contributed by atoms with van der Waals surface area (Å²) in [6.45, 7) is 3.83. The van der Waals surface area contributed by atoms with E-state index in [9.17, 15) is 0 Å². The molecule has 0 bridgehead atoms. The van der Waals surface area contributed by atoms with Gasteiger partial charge in [-0.2, -0.15) is 0 Å². The Hall–Kier alpha value is 1.38. The van der Waals surface area contributed by atoms with Crippen molar-refractivity contribution in [3.05, 3.63) is 0 Å². The summed E-state index contributed by atoms with van der Waals surface area (Å²) in [5.74, 6) is 0.897. The van der Waals surface area contributed by atoms with Gasteiger partial charge in [-0.3, -0.25) is 0 Å². The molecule has 0 atom stereocenters. The topological polar surface area (TPSA) is 27.7 Å². The molecule has 132 valence electrons. The Kier molecular flexibility index (Phi) is 25.1. The normalized spacial score (nSPS) is 10.9. The SMILES string of the molecule is CCCCCCCCCCOP(OCCCl)OCCCl.[Ni]. The minimum absolute atomic E-state index is 0. The van der Waals surface area contributed by atoms with Crippen molar-refractivity contribution in [3.8, 4) is 0 Å². The molecule has 0 N–H and O–H groups in total. The van der Waals surface area contributed by atoms with Crippen LogP contribution in [0.2, 0.25) is 0 Å². The van der Waals surface area contributed by atoms with Crippen molar-refractivity contribution in [2.24, 2.45) is 0 Å². The second-order valence-corrected chi connectivity index (χ2v) is 6.55. The van der Waals surface area contributed by atoms with E-state index in [1.165, 1.54) is 44.9 Å². The van der Waals surface area contributed by atoms with Gasteiger partial charge in [0, 0.05) is 28.3 Å². The average molecular weight is 406 g/mol. The van der Waals surface area contributed by atoms with Crippen molar-refractivity contribution in [2.45, 2.75) is 58.3 Å². The van der Waals surface area contributed by atoms with E-state index < -0.39 is 8.60 Å². The van der Waals surface area contributed by atoms with Crippen molar-refractivity contribution >= 4 is 31.8 Å². The Bertz CT molecular complexity index is 186. The van der Waals surface area contributed by atoms with E-state index in [1.54, 1.807) is 0 Å². The largest absolute Gasteiger partial charge is 0.332 e. The number of hydrogen-bond donors (Lipinski definition) is 0. The Morgan fingerprint density at radius 3 is 1.57 bits per heavy atom. The zero-order chi connectivity index (χ0) is 14.9. The third-order valence-electron chi connectivity index (χ3n) is 2.74. The first-order valence-corrected chi connectivity index (χ1v) is 9.82. The van der Waals surface area contributed by atoms with E-state index in [0.29, 0.717) is 31.6 Å². The summed E-state index contributed by atoms with van der Waals surface area (Å²) < 4.78 is 16.4. The third-order valence-corrected chi connectivity index (χ3v) is 4.23. The zero-order valence-corrected chi connectivity index (χ0v) is 16.3. The van der Waals surface area contributed by atoms with Crippen LogP contribution in [0.1, 0.15) is 58.3 Å². The van der Waals surface area contributed by atoms with Gasteiger partial charge in [0.05, 0.1) is 19.8 Å². The minimum Gasteiger partial charge on any atom is -0.312 e. The van der Waals surface area contributed by atoms with Crippen LogP contribution in [0.5, 0.6) is 0 Å². The fraction of sp³-hybridized carbons (Fsp3) is 1.00. The molecule has 0 aromatic carbocycles. The van der Waals surface area contributed by atoms with Crippen molar-refractivity contribution in [1.29, 1.82) is 0 Å². The van der Waals surface area contributed by atoms with Crippen LogP contribution in [0.25, 0.3) is 0 Å². The first-order chi connectivity index (χ1) is 9.85. The summed E-state index contributed by atoms with van der Waals surface area (Å²) >= 11 is 11.2. The van der Waals surface area contributed by atoms with Crippen molar-refractivity contribution in [1.82, 2.24) is 0 Å². The van der Waals surface area contributed by atoms with E-state index in [0.717, 1.165) is 6.42 Å². The summed E-state index contributed by atoms with van der Waals surface area (Å²) in [6, 6.07) is 0. The van der Waals surface area contributed by atoms with Crippen LogP contribution in [0.4, 0.5) is 0 Å². The first-order valence-electron chi connectivity index (χ1n) is 7.66. The van der Waals surface area contributed by atoms with Crippen LogP contribution in [-0.4, -0.2) is 31.6 Å². The Morgan fingerprint density at radius 2 is 1.10 bits per heavy atom. The first kappa shape index (κ1) is 24.6. The Labute approximate surface area is 151 Å². The van der Waals surface area contributed by atoms with Gasteiger partial charge >= 0.3 is 8.60 Å². The molecule has 0 heterocycles. The number of alkyl halides is 2. The van der Waals surface area contributed by atoms with Gasteiger partial charge in [0.25, 0.3) is 0 Å². The molecule has 0 aliphatic heterocycles. The summed E-state index contributed by atoms with van der Waals surface area (Å²) in [7, 11) is -1.27. The molecule has 0 amide bonds. The van der Waals surface area contributed by atoms with Crippen LogP contribution < -0.4 is 0 Å². The maximum absolute atomic E-state index is 5.59. The summed E-state index contributed by atoms with van der Waals surface area (Å²) in [5.41, 5.74) is 0. The van der Waals surface area contributed by atoms with Crippen LogP contribution in [0.3, 0.4) is 0 Å². The molecule has 0 aliphatic rings. The zero-order valence-electron chi connectivity index (χ0n) is 12.9. The average Bonchev–Trinajstić information content (AvgIpc) is 2.47.